The Hall–Kier alpha value is -1.09. The van der Waals surface area contributed by atoms with Crippen molar-refractivity contribution in [3.63, 3.8) is 0 Å². The monoisotopic (exact) mass is 596 g/mol. The van der Waals surface area contributed by atoms with Gasteiger partial charge in [0.15, 0.2) is 0 Å². The summed E-state index contributed by atoms with van der Waals surface area (Å²) in [7, 11) is 0. The molecule has 0 N–H and O–H groups in total. The number of allylic oxidation sites excluding steroid dienone is 1. The fourth-order valence-corrected chi connectivity index (χ4v) is 10.4. The van der Waals surface area contributed by atoms with Crippen molar-refractivity contribution in [1.29, 1.82) is 0 Å². The zero-order chi connectivity index (χ0) is 27.8. The molecule has 1 aromatic rings. The first kappa shape index (κ1) is 29.4. The number of alkyl halides is 1. The van der Waals surface area contributed by atoms with E-state index in [1.807, 2.05) is 18.2 Å². The number of esters is 1. The first-order chi connectivity index (χ1) is 18.6. The highest BCUT2D eigenvalue weighted by atomic mass is 79.9. The smallest absolute Gasteiger partial charge is 0.320 e. The number of benzene rings is 1. The first-order valence-corrected chi connectivity index (χ1v) is 17.1. The van der Waals surface area contributed by atoms with Crippen LogP contribution in [0.2, 0.25) is 0 Å². The van der Waals surface area contributed by atoms with E-state index in [2.05, 4.69) is 68.8 Å². The van der Waals surface area contributed by atoms with Crippen molar-refractivity contribution >= 4 is 21.9 Å². The van der Waals surface area contributed by atoms with Crippen LogP contribution in [0.1, 0.15) is 111 Å². The van der Waals surface area contributed by atoms with E-state index in [9.17, 15) is 4.79 Å². The van der Waals surface area contributed by atoms with Crippen LogP contribution in [-0.2, 0) is 16.0 Å². The number of halogens is 1. The molecule has 0 amide bonds. The molecule has 216 valence electrons. The normalized spacial score (nSPS) is 37.3. The molecule has 4 aliphatic rings. The molecule has 1 aromatic carbocycles. The van der Waals surface area contributed by atoms with E-state index < -0.39 is 0 Å². The molecule has 2 nitrogen and oxygen atoms in total. The van der Waals surface area contributed by atoms with Crippen LogP contribution in [0.5, 0.6) is 0 Å². The van der Waals surface area contributed by atoms with Gasteiger partial charge in [-0.05, 0) is 103 Å². The van der Waals surface area contributed by atoms with Crippen LogP contribution in [0.15, 0.2) is 42.0 Å². The second-order valence-corrected chi connectivity index (χ2v) is 15.9. The Morgan fingerprint density at radius 3 is 2.51 bits per heavy atom. The highest BCUT2D eigenvalue weighted by Crippen LogP contribution is 2.67. The van der Waals surface area contributed by atoms with Gasteiger partial charge in [0.1, 0.15) is 10.9 Å². The predicted molar refractivity (Wildman–Crippen MR) is 166 cm³/mol. The fraction of sp³-hybridized carbons (Fsp3) is 0.750. The minimum absolute atomic E-state index is 0.0283. The summed E-state index contributed by atoms with van der Waals surface area (Å²) in [6, 6.07) is 10.2. The summed E-state index contributed by atoms with van der Waals surface area (Å²) in [4.78, 5) is 12.7. The molecule has 0 spiro atoms. The van der Waals surface area contributed by atoms with Gasteiger partial charge in [0.2, 0.25) is 0 Å². The Bertz CT molecular complexity index is 1020. The van der Waals surface area contributed by atoms with Crippen LogP contribution in [0.25, 0.3) is 0 Å². The van der Waals surface area contributed by atoms with Gasteiger partial charge < -0.3 is 4.74 Å². The van der Waals surface area contributed by atoms with Crippen LogP contribution in [-0.4, -0.2) is 16.9 Å². The van der Waals surface area contributed by atoms with Crippen LogP contribution < -0.4 is 0 Å². The maximum atomic E-state index is 12.9. The van der Waals surface area contributed by atoms with Crippen molar-refractivity contribution < 1.29 is 9.53 Å². The van der Waals surface area contributed by atoms with E-state index >= 15 is 0 Å². The zero-order valence-electron chi connectivity index (χ0n) is 25.3. The van der Waals surface area contributed by atoms with Gasteiger partial charge in [-0.2, -0.15) is 0 Å². The topological polar surface area (TPSA) is 26.3 Å². The Morgan fingerprint density at radius 2 is 1.77 bits per heavy atom. The SMILES string of the molecule is CC(C)CCC[C@@H](C)[C@@H]1CC[C@H]2[C@H]3CC=C4C[C@@H](OC(=O)[C@H](Br)Cc5ccccc5)CC[C@]4(C)[C@H]3CC[C@@]21C. The Morgan fingerprint density at radius 1 is 1.00 bits per heavy atom. The average molecular weight is 598 g/mol. The predicted octanol–water partition coefficient (Wildman–Crippen LogP) is 9.95. The lowest BCUT2D eigenvalue weighted by Gasteiger charge is -2.58. The number of hydrogen-bond acceptors (Lipinski definition) is 2. The van der Waals surface area contributed by atoms with Crippen LogP contribution in [0.4, 0.5) is 0 Å². The summed E-state index contributed by atoms with van der Waals surface area (Å²) in [5.74, 6) is 5.06. The Labute approximate surface area is 247 Å². The fourth-order valence-electron chi connectivity index (χ4n) is 9.90. The van der Waals surface area contributed by atoms with Crippen molar-refractivity contribution in [2.24, 2.45) is 46.3 Å². The minimum atomic E-state index is -0.281. The van der Waals surface area contributed by atoms with E-state index in [-0.39, 0.29) is 16.9 Å². The molecule has 4 aliphatic carbocycles. The molecule has 3 heteroatoms. The van der Waals surface area contributed by atoms with Gasteiger partial charge >= 0.3 is 5.97 Å². The molecule has 0 heterocycles. The van der Waals surface area contributed by atoms with Crippen LogP contribution >= 0.6 is 15.9 Å². The number of fused-ring (bicyclic) bond motifs is 5. The first-order valence-electron chi connectivity index (χ1n) is 16.2. The number of rotatable bonds is 9. The molecule has 0 bridgehead atoms. The standard InChI is InChI=1S/C36H53BrO2/c1-24(2)10-9-11-25(3)30-16-17-31-29-15-14-27-23-28(18-20-35(27,4)32(29)19-21-36(30,31)5)39-34(38)33(37)22-26-12-7-6-8-13-26/h6-8,12-14,24-25,28-33H,9-11,15-23H2,1-5H3/t25-,28+,29-,30+,31+,32+,33-,35+,36-/m1/s1. The van der Waals surface area contributed by atoms with Gasteiger partial charge in [-0.3, -0.25) is 4.79 Å². The third-order valence-corrected chi connectivity index (χ3v) is 12.8. The minimum Gasteiger partial charge on any atom is -0.461 e. The van der Waals surface area contributed by atoms with E-state index in [1.54, 1.807) is 5.57 Å². The molecule has 3 saturated carbocycles. The largest absolute Gasteiger partial charge is 0.461 e. The maximum Gasteiger partial charge on any atom is 0.320 e. The van der Waals surface area contributed by atoms with Crippen molar-refractivity contribution in [2.45, 2.75) is 123 Å². The highest BCUT2D eigenvalue weighted by molar-refractivity contribution is 9.10. The highest BCUT2D eigenvalue weighted by Gasteiger charge is 2.59. The summed E-state index contributed by atoms with van der Waals surface area (Å²) >= 11 is 3.61. The average Bonchev–Trinajstić information content (AvgIpc) is 3.26. The molecular formula is C36H53BrO2. The lowest BCUT2D eigenvalue weighted by molar-refractivity contribution is -0.150. The van der Waals surface area contributed by atoms with Crippen LogP contribution in [0, 0.1) is 46.3 Å². The van der Waals surface area contributed by atoms with E-state index in [0.29, 0.717) is 17.3 Å². The second kappa shape index (κ2) is 12.0. The summed E-state index contributed by atoms with van der Waals surface area (Å²) in [6.45, 7) is 12.6. The second-order valence-electron chi connectivity index (χ2n) is 14.7. The number of carbonyl (C=O) groups is 1. The van der Waals surface area contributed by atoms with E-state index in [1.165, 1.54) is 57.8 Å². The Balaban J connectivity index is 1.21. The molecular weight excluding hydrogens is 544 g/mol. The molecule has 0 saturated heterocycles. The Kier molecular flexibility index (Phi) is 9.07. The molecule has 0 aromatic heterocycles. The van der Waals surface area contributed by atoms with E-state index in [0.717, 1.165) is 53.9 Å². The molecule has 0 unspecified atom stereocenters. The van der Waals surface area contributed by atoms with Crippen molar-refractivity contribution in [2.75, 3.05) is 0 Å². The van der Waals surface area contributed by atoms with Gasteiger partial charge in [0.25, 0.3) is 0 Å². The summed E-state index contributed by atoms with van der Waals surface area (Å²) < 4.78 is 6.10. The molecule has 0 aliphatic heterocycles. The lowest BCUT2D eigenvalue weighted by Crippen LogP contribution is -2.51. The summed E-state index contributed by atoms with van der Waals surface area (Å²) in [6.07, 6.45) is 17.6. The van der Waals surface area contributed by atoms with Crippen molar-refractivity contribution in [3.05, 3.63) is 47.5 Å². The van der Waals surface area contributed by atoms with Crippen LogP contribution in [0.3, 0.4) is 0 Å². The number of carbonyl (C=O) groups excluding carboxylic acids is 1. The molecule has 5 rings (SSSR count). The van der Waals surface area contributed by atoms with Gasteiger partial charge in [0, 0.05) is 6.42 Å². The van der Waals surface area contributed by atoms with Gasteiger partial charge in [-0.15, -0.1) is 0 Å². The van der Waals surface area contributed by atoms with Gasteiger partial charge in [-0.1, -0.05) is 112 Å². The third-order valence-electron chi connectivity index (χ3n) is 12.1. The van der Waals surface area contributed by atoms with E-state index in [4.69, 9.17) is 4.74 Å². The zero-order valence-corrected chi connectivity index (χ0v) is 26.8. The van der Waals surface area contributed by atoms with Crippen molar-refractivity contribution in [3.8, 4) is 0 Å². The van der Waals surface area contributed by atoms with Gasteiger partial charge in [0.05, 0.1) is 0 Å². The molecule has 39 heavy (non-hydrogen) atoms. The third kappa shape index (κ3) is 5.96. The summed E-state index contributed by atoms with van der Waals surface area (Å²) in [5, 5.41) is 0. The number of ether oxygens (including phenoxy) is 1. The lowest BCUT2D eigenvalue weighted by atomic mass is 9.47. The van der Waals surface area contributed by atoms with Gasteiger partial charge in [-0.25, -0.2) is 0 Å². The molecule has 9 atom stereocenters. The quantitative estimate of drug-likeness (QED) is 0.161. The van der Waals surface area contributed by atoms with Crippen molar-refractivity contribution in [1.82, 2.24) is 0 Å². The number of hydrogen-bond donors (Lipinski definition) is 0. The summed E-state index contributed by atoms with van der Waals surface area (Å²) in [5.41, 5.74) is 3.60. The molecule has 3 fully saturated rings. The molecule has 0 radical (unpaired) electrons. The maximum absolute atomic E-state index is 12.9.